The van der Waals surface area contributed by atoms with E-state index in [1.807, 2.05) is 4.90 Å². The Kier molecular flexibility index (Phi) is 5.40. The van der Waals surface area contributed by atoms with Crippen molar-refractivity contribution in [3.05, 3.63) is 47.2 Å². The summed E-state index contributed by atoms with van der Waals surface area (Å²) in [6, 6.07) is 7.12. The van der Waals surface area contributed by atoms with Gasteiger partial charge in [0.2, 0.25) is 0 Å². The number of ether oxygens (including phenoxy) is 1. The van der Waals surface area contributed by atoms with Crippen molar-refractivity contribution >= 4 is 28.9 Å². The van der Waals surface area contributed by atoms with Gasteiger partial charge in [-0.05, 0) is 31.3 Å². The van der Waals surface area contributed by atoms with Crippen LogP contribution in [0.1, 0.15) is 10.4 Å². The molecule has 0 spiro atoms. The highest BCUT2D eigenvalue weighted by Gasteiger charge is 2.20. The van der Waals surface area contributed by atoms with E-state index < -0.39 is 0 Å². The van der Waals surface area contributed by atoms with Crippen molar-refractivity contribution in [3.8, 4) is 5.75 Å². The maximum absolute atomic E-state index is 12.7. The molecule has 1 aliphatic heterocycles. The number of amides is 1. The molecule has 1 aliphatic rings. The van der Waals surface area contributed by atoms with Crippen LogP contribution in [0, 0.1) is 0 Å². The van der Waals surface area contributed by atoms with Gasteiger partial charge in [-0.2, -0.15) is 0 Å². The van der Waals surface area contributed by atoms with E-state index in [1.54, 1.807) is 43.8 Å². The monoisotopic (exact) mass is 360 g/mol. The summed E-state index contributed by atoms with van der Waals surface area (Å²) in [6.45, 7) is 3.23. The number of methoxy groups -OCH3 is 1. The summed E-state index contributed by atoms with van der Waals surface area (Å²) in [6.07, 6.45) is 3.27. The molecule has 0 saturated carbocycles. The van der Waals surface area contributed by atoms with Crippen molar-refractivity contribution < 1.29 is 9.53 Å². The minimum absolute atomic E-state index is 0.00214. The Hall–Kier alpha value is -2.31. The average Bonchev–Trinajstić information content (AvgIpc) is 2.62. The van der Waals surface area contributed by atoms with E-state index in [2.05, 4.69) is 22.2 Å². The molecule has 6 nitrogen and oxygen atoms in total. The summed E-state index contributed by atoms with van der Waals surface area (Å²) in [5.74, 6) is 0.669. The molecule has 2 aromatic rings. The third-order valence-corrected chi connectivity index (χ3v) is 4.45. The summed E-state index contributed by atoms with van der Waals surface area (Å²) in [7, 11) is 3.66. The number of benzene rings is 1. The van der Waals surface area contributed by atoms with Gasteiger partial charge in [0.25, 0.3) is 5.91 Å². The molecule has 7 heteroatoms. The fourth-order valence-electron chi connectivity index (χ4n) is 2.75. The molecule has 2 heterocycles. The number of pyridine rings is 1. The molecule has 1 saturated heterocycles. The van der Waals surface area contributed by atoms with Crippen LogP contribution < -0.4 is 10.1 Å². The van der Waals surface area contributed by atoms with E-state index in [0.29, 0.717) is 22.0 Å². The molecule has 0 bridgehead atoms. The number of carbonyl (C=O) groups excluding carboxylic acids is 1. The fraction of sp³-hybridized carbons (Fsp3) is 0.333. The van der Waals surface area contributed by atoms with Crippen LogP contribution in [0.15, 0.2) is 36.7 Å². The Morgan fingerprint density at radius 1 is 1.20 bits per heavy atom. The van der Waals surface area contributed by atoms with Gasteiger partial charge in [0.05, 0.1) is 30.2 Å². The third kappa shape index (κ3) is 4.21. The summed E-state index contributed by atoms with van der Waals surface area (Å²) >= 11 is 6.06. The predicted molar refractivity (Wildman–Crippen MR) is 98.9 cm³/mol. The number of hydrogen-bond donors (Lipinski definition) is 1. The number of hydrogen-bond acceptors (Lipinski definition) is 5. The Bertz CT molecular complexity index is 760. The lowest BCUT2D eigenvalue weighted by Gasteiger charge is -2.32. The standard InChI is InChI=1S/C18H21ClN4O2/c1-22-5-7-23(8-6-22)18(24)13-9-15(12-20-11-13)21-16-10-14(19)3-4-17(16)25-2/h3-4,9-12,21H,5-8H2,1-2H3. The van der Waals surface area contributed by atoms with Gasteiger partial charge < -0.3 is 19.9 Å². The van der Waals surface area contributed by atoms with Gasteiger partial charge in [-0.3, -0.25) is 9.78 Å². The minimum atomic E-state index is 0.00214. The number of likely N-dealkylation sites (N-methyl/N-ethyl adjacent to an activating group) is 1. The first-order chi connectivity index (χ1) is 12.1. The summed E-state index contributed by atoms with van der Waals surface area (Å²) in [5.41, 5.74) is 2.00. The van der Waals surface area contributed by atoms with Crippen LogP contribution in [-0.2, 0) is 0 Å². The lowest BCUT2D eigenvalue weighted by Crippen LogP contribution is -2.47. The molecule has 0 radical (unpaired) electrons. The van der Waals surface area contributed by atoms with E-state index in [4.69, 9.17) is 16.3 Å². The second-order valence-electron chi connectivity index (χ2n) is 6.03. The van der Waals surface area contributed by atoms with E-state index in [-0.39, 0.29) is 5.91 Å². The van der Waals surface area contributed by atoms with Crippen molar-refractivity contribution in [3.63, 3.8) is 0 Å². The van der Waals surface area contributed by atoms with Crippen LogP contribution >= 0.6 is 11.6 Å². The van der Waals surface area contributed by atoms with Crippen molar-refractivity contribution in [1.82, 2.24) is 14.8 Å². The molecular weight excluding hydrogens is 340 g/mol. The first-order valence-corrected chi connectivity index (χ1v) is 8.48. The van der Waals surface area contributed by atoms with Crippen LogP contribution in [0.3, 0.4) is 0 Å². The molecule has 1 amide bonds. The van der Waals surface area contributed by atoms with Gasteiger partial charge in [-0.25, -0.2) is 0 Å². The van der Waals surface area contributed by atoms with Gasteiger partial charge in [-0.15, -0.1) is 0 Å². The number of halogens is 1. The van der Waals surface area contributed by atoms with Gasteiger partial charge in [0, 0.05) is 37.4 Å². The van der Waals surface area contributed by atoms with Gasteiger partial charge >= 0.3 is 0 Å². The number of nitrogens with zero attached hydrogens (tertiary/aromatic N) is 3. The normalized spacial score (nSPS) is 15.1. The van der Waals surface area contributed by atoms with E-state index >= 15 is 0 Å². The molecular formula is C18H21ClN4O2. The molecule has 3 rings (SSSR count). The number of piperazine rings is 1. The predicted octanol–water partition coefficient (Wildman–Crippen LogP) is 2.87. The Morgan fingerprint density at radius 3 is 2.68 bits per heavy atom. The summed E-state index contributed by atoms with van der Waals surface area (Å²) in [4.78, 5) is 21.0. The number of rotatable bonds is 4. The molecule has 1 fully saturated rings. The van der Waals surface area contributed by atoms with Crippen LogP contribution in [0.25, 0.3) is 0 Å². The SMILES string of the molecule is COc1ccc(Cl)cc1Nc1cncc(C(=O)N2CCN(C)CC2)c1. The van der Waals surface area contributed by atoms with Crippen LogP contribution in [0.5, 0.6) is 5.75 Å². The maximum Gasteiger partial charge on any atom is 0.255 e. The average molecular weight is 361 g/mol. The second kappa shape index (κ2) is 7.72. The summed E-state index contributed by atoms with van der Waals surface area (Å²) in [5, 5.41) is 3.82. The van der Waals surface area contributed by atoms with Crippen molar-refractivity contribution in [2.75, 3.05) is 45.7 Å². The fourth-order valence-corrected chi connectivity index (χ4v) is 2.92. The molecule has 1 aromatic carbocycles. The number of nitrogens with one attached hydrogen (secondary N) is 1. The zero-order valence-electron chi connectivity index (χ0n) is 14.3. The molecule has 25 heavy (non-hydrogen) atoms. The van der Waals surface area contributed by atoms with E-state index in [9.17, 15) is 4.79 Å². The zero-order valence-corrected chi connectivity index (χ0v) is 15.1. The van der Waals surface area contributed by atoms with Gasteiger partial charge in [0.1, 0.15) is 5.75 Å². The Morgan fingerprint density at radius 2 is 1.96 bits per heavy atom. The van der Waals surface area contributed by atoms with Gasteiger partial charge in [0.15, 0.2) is 0 Å². The van der Waals surface area contributed by atoms with Gasteiger partial charge in [-0.1, -0.05) is 11.6 Å². The lowest BCUT2D eigenvalue weighted by atomic mass is 10.2. The number of anilines is 2. The zero-order chi connectivity index (χ0) is 17.8. The quantitative estimate of drug-likeness (QED) is 0.908. The molecule has 0 atom stereocenters. The number of aromatic nitrogens is 1. The third-order valence-electron chi connectivity index (χ3n) is 4.22. The first-order valence-electron chi connectivity index (χ1n) is 8.10. The van der Waals surface area contributed by atoms with Crippen molar-refractivity contribution in [2.24, 2.45) is 0 Å². The molecule has 132 valence electrons. The summed E-state index contributed by atoms with van der Waals surface area (Å²) < 4.78 is 5.33. The lowest BCUT2D eigenvalue weighted by molar-refractivity contribution is 0.0663. The van der Waals surface area contributed by atoms with E-state index in [1.165, 1.54) is 0 Å². The Balaban J connectivity index is 1.78. The second-order valence-corrected chi connectivity index (χ2v) is 6.46. The smallest absolute Gasteiger partial charge is 0.255 e. The molecule has 1 N–H and O–H groups in total. The largest absolute Gasteiger partial charge is 0.495 e. The van der Waals surface area contributed by atoms with Crippen molar-refractivity contribution in [1.29, 1.82) is 0 Å². The van der Waals surface area contributed by atoms with Crippen molar-refractivity contribution in [2.45, 2.75) is 0 Å². The van der Waals surface area contributed by atoms with Crippen LogP contribution in [0.4, 0.5) is 11.4 Å². The topological polar surface area (TPSA) is 57.7 Å². The highest BCUT2D eigenvalue weighted by molar-refractivity contribution is 6.31. The van der Waals surface area contributed by atoms with Crippen LogP contribution in [0.2, 0.25) is 5.02 Å². The maximum atomic E-state index is 12.7. The highest BCUT2D eigenvalue weighted by Crippen LogP contribution is 2.30. The van der Waals surface area contributed by atoms with Crippen LogP contribution in [-0.4, -0.2) is 61.0 Å². The molecule has 0 aliphatic carbocycles. The molecule has 1 aromatic heterocycles. The minimum Gasteiger partial charge on any atom is -0.495 e. The number of carbonyl (C=O) groups is 1. The Labute approximate surface area is 152 Å². The molecule has 0 unspecified atom stereocenters. The first kappa shape index (κ1) is 17.5. The van der Waals surface area contributed by atoms with E-state index in [0.717, 1.165) is 31.9 Å². The highest BCUT2D eigenvalue weighted by atomic mass is 35.5.